The summed E-state index contributed by atoms with van der Waals surface area (Å²) in [6.45, 7) is 10.9. The molecule has 0 spiro atoms. The van der Waals surface area contributed by atoms with Crippen LogP contribution in [0.3, 0.4) is 0 Å². The van der Waals surface area contributed by atoms with Crippen LogP contribution in [0.1, 0.15) is 60.3 Å². The van der Waals surface area contributed by atoms with E-state index in [0.717, 1.165) is 12.8 Å². The second kappa shape index (κ2) is 12.5. The van der Waals surface area contributed by atoms with Crippen molar-refractivity contribution in [1.29, 1.82) is 0 Å². The lowest BCUT2D eigenvalue weighted by Gasteiger charge is -2.35. The Morgan fingerprint density at radius 3 is 2.63 bits per heavy atom. The molecule has 1 saturated carbocycles. The molecule has 1 saturated heterocycles. The fraction of sp³-hybridized carbons (Fsp3) is 0.690. The summed E-state index contributed by atoms with van der Waals surface area (Å²) in [5.41, 5.74) is 2.62. The molecule has 2 heterocycles. The smallest absolute Gasteiger partial charge is 0.308 e. The van der Waals surface area contributed by atoms with E-state index in [0.29, 0.717) is 23.7 Å². The van der Waals surface area contributed by atoms with E-state index >= 15 is 0 Å². The van der Waals surface area contributed by atoms with Gasteiger partial charge in [-0.3, -0.25) is 4.79 Å². The van der Waals surface area contributed by atoms with Gasteiger partial charge in [-0.05, 0) is 61.5 Å². The largest absolute Gasteiger partial charge is 0.469 e. The first kappa shape index (κ1) is 27.9. The van der Waals surface area contributed by atoms with Crippen LogP contribution in [-0.2, 0) is 19.0 Å². The Labute approximate surface area is 210 Å². The van der Waals surface area contributed by atoms with E-state index in [1.807, 2.05) is 6.08 Å². The van der Waals surface area contributed by atoms with Crippen LogP contribution in [0, 0.1) is 23.7 Å². The van der Waals surface area contributed by atoms with Gasteiger partial charge in [0.25, 0.3) is 0 Å². The molecule has 2 fully saturated rings. The van der Waals surface area contributed by atoms with Crippen LogP contribution in [0.5, 0.6) is 0 Å². The monoisotopic (exact) mass is 488 g/mol. The molecular formula is C29H44O6. The van der Waals surface area contributed by atoms with Crippen LogP contribution in [0.2, 0.25) is 0 Å². The summed E-state index contributed by atoms with van der Waals surface area (Å²) in [7, 11) is 1.33. The van der Waals surface area contributed by atoms with Crippen molar-refractivity contribution in [2.75, 3.05) is 7.11 Å². The number of ether oxygens (including phenoxy) is 3. The zero-order chi connectivity index (χ0) is 25.7. The standard InChI is InChI=1S/C29H44O6/c1-7-25-18(3)9-12-26(35-25)19(4)14-17(2)8-10-22-20(5)23(22)11-13-27-29(32)24(30)15-21(34-27)16-28(31)33-6/h8-11,13-14,17,20-27,29-30,32H,7,12,15-16H2,1-6H3/b10-8+,13-11+,19-14+/t17-,20-,21+,22+,23+,24+,25-,26-,27+,29-/m1/s1. The van der Waals surface area contributed by atoms with Gasteiger partial charge in [0.1, 0.15) is 12.2 Å². The number of methoxy groups -OCH3 is 1. The van der Waals surface area contributed by atoms with Gasteiger partial charge in [-0.1, -0.05) is 57.2 Å². The summed E-state index contributed by atoms with van der Waals surface area (Å²) in [6, 6.07) is 0. The van der Waals surface area contributed by atoms with Gasteiger partial charge in [0.05, 0.1) is 37.9 Å². The van der Waals surface area contributed by atoms with Crippen molar-refractivity contribution in [2.45, 2.75) is 96.9 Å². The number of hydrogen-bond acceptors (Lipinski definition) is 6. The molecule has 0 amide bonds. The molecule has 35 heavy (non-hydrogen) atoms. The van der Waals surface area contributed by atoms with E-state index in [4.69, 9.17) is 14.2 Å². The first-order chi connectivity index (χ1) is 16.6. The highest BCUT2D eigenvalue weighted by Gasteiger charge is 2.43. The number of aliphatic hydroxyl groups excluding tert-OH is 2. The Morgan fingerprint density at radius 1 is 1.23 bits per heavy atom. The van der Waals surface area contributed by atoms with Crippen molar-refractivity contribution in [2.24, 2.45) is 23.7 Å². The van der Waals surface area contributed by atoms with Crippen LogP contribution >= 0.6 is 0 Å². The first-order valence-corrected chi connectivity index (χ1v) is 13.1. The number of carbonyl (C=O) groups excluding carboxylic acids is 1. The summed E-state index contributed by atoms with van der Waals surface area (Å²) >= 11 is 0. The molecule has 2 aliphatic heterocycles. The molecule has 0 aromatic carbocycles. The molecule has 196 valence electrons. The summed E-state index contributed by atoms with van der Waals surface area (Å²) < 4.78 is 16.9. The van der Waals surface area contributed by atoms with Gasteiger partial charge >= 0.3 is 5.97 Å². The molecule has 6 heteroatoms. The van der Waals surface area contributed by atoms with Crippen LogP contribution < -0.4 is 0 Å². The van der Waals surface area contributed by atoms with E-state index in [-0.39, 0.29) is 31.0 Å². The van der Waals surface area contributed by atoms with Crippen molar-refractivity contribution in [1.82, 2.24) is 0 Å². The van der Waals surface area contributed by atoms with Crippen molar-refractivity contribution < 1.29 is 29.2 Å². The zero-order valence-corrected chi connectivity index (χ0v) is 22.1. The fourth-order valence-electron chi connectivity index (χ4n) is 5.29. The van der Waals surface area contributed by atoms with Crippen LogP contribution in [0.15, 0.2) is 47.6 Å². The van der Waals surface area contributed by atoms with E-state index < -0.39 is 24.4 Å². The predicted octanol–water partition coefficient (Wildman–Crippen LogP) is 4.52. The van der Waals surface area contributed by atoms with Gasteiger partial charge in [-0.2, -0.15) is 0 Å². The third-order valence-electron chi connectivity index (χ3n) is 7.78. The molecule has 0 radical (unpaired) electrons. The lowest BCUT2D eigenvalue weighted by atomic mass is 9.95. The van der Waals surface area contributed by atoms with Gasteiger partial charge in [-0.25, -0.2) is 0 Å². The number of rotatable bonds is 9. The zero-order valence-electron chi connectivity index (χ0n) is 22.1. The van der Waals surface area contributed by atoms with Gasteiger partial charge < -0.3 is 24.4 Å². The summed E-state index contributed by atoms with van der Waals surface area (Å²) in [6.07, 6.45) is 12.7. The molecular weight excluding hydrogens is 444 g/mol. The van der Waals surface area contributed by atoms with E-state index in [2.05, 4.69) is 65.0 Å². The van der Waals surface area contributed by atoms with E-state index in [1.54, 1.807) is 0 Å². The summed E-state index contributed by atoms with van der Waals surface area (Å²) in [5, 5.41) is 20.5. The number of aliphatic hydroxyl groups is 2. The maximum Gasteiger partial charge on any atom is 0.308 e. The molecule has 3 rings (SSSR count). The van der Waals surface area contributed by atoms with Gasteiger partial charge in [0.15, 0.2) is 0 Å². The molecule has 3 aliphatic rings. The minimum atomic E-state index is -0.996. The third-order valence-corrected chi connectivity index (χ3v) is 7.78. The Balaban J connectivity index is 1.53. The molecule has 1 aliphatic carbocycles. The first-order valence-electron chi connectivity index (χ1n) is 13.1. The maximum absolute atomic E-state index is 11.6. The highest BCUT2D eigenvalue weighted by molar-refractivity contribution is 5.69. The van der Waals surface area contributed by atoms with Gasteiger partial charge in [0.2, 0.25) is 0 Å². The predicted molar refractivity (Wildman–Crippen MR) is 137 cm³/mol. The lowest BCUT2D eigenvalue weighted by Crippen LogP contribution is -2.47. The Morgan fingerprint density at radius 2 is 1.94 bits per heavy atom. The number of carbonyl (C=O) groups is 1. The molecule has 0 aromatic rings. The third kappa shape index (κ3) is 7.39. The highest BCUT2D eigenvalue weighted by atomic mass is 16.5. The fourth-order valence-corrected chi connectivity index (χ4v) is 5.29. The summed E-state index contributed by atoms with van der Waals surface area (Å²) in [4.78, 5) is 11.6. The minimum absolute atomic E-state index is 0.0710. The lowest BCUT2D eigenvalue weighted by molar-refractivity contribution is -0.165. The minimum Gasteiger partial charge on any atom is -0.469 e. The van der Waals surface area contributed by atoms with Crippen LogP contribution in [0.25, 0.3) is 0 Å². The van der Waals surface area contributed by atoms with Crippen molar-refractivity contribution in [3.05, 3.63) is 47.6 Å². The van der Waals surface area contributed by atoms with Gasteiger partial charge in [0, 0.05) is 6.42 Å². The number of hydrogen-bond donors (Lipinski definition) is 2. The molecule has 2 N–H and O–H groups in total. The van der Waals surface area contributed by atoms with Crippen LogP contribution in [-0.4, -0.2) is 59.9 Å². The van der Waals surface area contributed by atoms with E-state index in [9.17, 15) is 15.0 Å². The average Bonchev–Trinajstić information content (AvgIpc) is 3.46. The quantitative estimate of drug-likeness (QED) is 0.367. The van der Waals surface area contributed by atoms with Gasteiger partial charge in [-0.15, -0.1) is 0 Å². The number of allylic oxidation sites excluding steroid dienone is 4. The molecule has 0 unspecified atom stereocenters. The number of esters is 1. The second-order valence-electron chi connectivity index (χ2n) is 10.6. The van der Waals surface area contributed by atoms with Crippen molar-refractivity contribution in [3.63, 3.8) is 0 Å². The summed E-state index contributed by atoms with van der Waals surface area (Å²) in [5.74, 6) is 1.27. The average molecular weight is 489 g/mol. The Bertz CT molecular complexity index is 842. The van der Waals surface area contributed by atoms with Crippen molar-refractivity contribution >= 4 is 5.97 Å². The molecule has 0 bridgehead atoms. The molecule has 6 nitrogen and oxygen atoms in total. The van der Waals surface area contributed by atoms with E-state index in [1.165, 1.54) is 18.3 Å². The normalized spacial score (nSPS) is 39.0. The SMILES string of the molecule is CC[C@H]1O[C@@H](/C(C)=C/[C@H](C)/C=C/[C@H]2[C@@H](C)[C@@H]2/C=C/[C@@H]2O[C@H](CC(=O)OC)C[C@H](O)[C@H]2O)CC=C1C. The molecule has 10 atom stereocenters. The Kier molecular flexibility index (Phi) is 9.94. The Hall–Kier alpha value is -1.73. The van der Waals surface area contributed by atoms with Crippen molar-refractivity contribution in [3.8, 4) is 0 Å². The second-order valence-corrected chi connectivity index (χ2v) is 10.6. The topological polar surface area (TPSA) is 85.2 Å². The highest BCUT2D eigenvalue weighted by Crippen LogP contribution is 2.48. The van der Waals surface area contributed by atoms with Crippen LogP contribution in [0.4, 0.5) is 0 Å². The maximum atomic E-state index is 11.6. The molecule has 0 aromatic heterocycles.